The van der Waals surface area contributed by atoms with Crippen molar-refractivity contribution in [1.82, 2.24) is 9.97 Å². The molecule has 0 fully saturated rings. The lowest BCUT2D eigenvalue weighted by Crippen LogP contribution is -2.02. The number of hydrogen-bond acceptors (Lipinski definition) is 7. The molecular weight excluding hydrogens is 264 g/mol. The standard InChI is InChI=1S/C12H12N4O4/c1-19-11-4-9(16(17)18)2-3-10(11)20-7-8-5-15-12(13)6-14-8/h2-6H,7H2,1H3,(H2,13,15). The second kappa shape index (κ2) is 5.83. The Morgan fingerprint density at radius 2 is 2.10 bits per heavy atom. The van der Waals surface area contributed by atoms with Crippen LogP contribution in [0.4, 0.5) is 11.5 Å². The van der Waals surface area contributed by atoms with E-state index in [4.69, 9.17) is 15.2 Å². The van der Waals surface area contributed by atoms with Crippen LogP contribution in [0.5, 0.6) is 11.5 Å². The Labute approximate surface area is 114 Å². The first-order chi connectivity index (χ1) is 9.60. The highest BCUT2D eigenvalue weighted by Crippen LogP contribution is 2.31. The Bertz CT molecular complexity index is 615. The molecule has 1 aromatic heterocycles. The minimum atomic E-state index is -0.502. The molecule has 0 spiro atoms. The van der Waals surface area contributed by atoms with Gasteiger partial charge in [0.1, 0.15) is 12.4 Å². The maximum absolute atomic E-state index is 10.7. The van der Waals surface area contributed by atoms with E-state index in [1.54, 1.807) is 0 Å². The van der Waals surface area contributed by atoms with E-state index in [-0.39, 0.29) is 18.0 Å². The fourth-order valence-electron chi connectivity index (χ4n) is 1.48. The van der Waals surface area contributed by atoms with Gasteiger partial charge in [0.05, 0.1) is 36.2 Å². The normalized spacial score (nSPS) is 10.1. The van der Waals surface area contributed by atoms with Gasteiger partial charge in [0, 0.05) is 6.07 Å². The van der Waals surface area contributed by atoms with E-state index in [0.717, 1.165) is 0 Å². The van der Waals surface area contributed by atoms with Gasteiger partial charge in [0.15, 0.2) is 11.5 Å². The Balaban J connectivity index is 2.12. The summed E-state index contributed by atoms with van der Waals surface area (Å²) in [6.45, 7) is 0.154. The molecule has 0 bridgehead atoms. The number of nitro groups is 1. The number of nitrogens with zero attached hydrogens (tertiary/aromatic N) is 3. The average Bonchev–Trinajstić information content (AvgIpc) is 2.46. The van der Waals surface area contributed by atoms with Crippen LogP contribution in [-0.2, 0) is 6.61 Å². The molecule has 0 aliphatic carbocycles. The highest BCUT2D eigenvalue weighted by atomic mass is 16.6. The Morgan fingerprint density at radius 3 is 2.70 bits per heavy atom. The minimum Gasteiger partial charge on any atom is -0.493 e. The van der Waals surface area contributed by atoms with Crippen LogP contribution in [0, 0.1) is 10.1 Å². The summed E-state index contributed by atoms with van der Waals surface area (Å²) in [5.41, 5.74) is 5.94. The number of nitrogen functional groups attached to an aromatic ring is 1. The van der Waals surface area contributed by atoms with Gasteiger partial charge in [0.2, 0.25) is 0 Å². The molecular formula is C12H12N4O4. The van der Waals surface area contributed by atoms with Crippen LogP contribution >= 0.6 is 0 Å². The van der Waals surface area contributed by atoms with E-state index in [0.29, 0.717) is 17.3 Å². The van der Waals surface area contributed by atoms with Crippen molar-refractivity contribution in [3.63, 3.8) is 0 Å². The molecule has 104 valence electrons. The topological polar surface area (TPSA) is 113 Å². The zero-order valence-electron chi connectivity index (χ0n) is 10.6. The molecule has 0 aliphatic rings. The molecule has 1 heterocycles. The zero-order chi connectivity index (χ0) is 14.5. The Hall–Kier alpha value is -2.90. The van der Waals surface area contributed by atoms with E-state index < -0.39 is 4.92 Å². The first-order valence-electron chi connectivity index (χ1n) is 5.62. The largest absolute Gasteiger partial charge is 0.493 e. The van der Waals surface area contributed by atoms with Crippen molar-refractivity contribution in [2.24, 2.45) is 0 Å². The average molecular weight is 276 g/mol. The fraction of sp³-hybridized carbons (Fsp3) is 0.167. The molecule has 0 amide bonds. The predicted octanol–water partition coefficient (Wildman–Crippen LogP) is 1.55. The fourth-order valence-corrected chi connectivity index (χ4v) is 1.48. The summed E-state index contributed by atoms with van der Waals surface area (Å²) in [6, 6.07) is 4.11. The number of anilines is 1. The van der Waals surface area contributed by atoms with E-state index in [2.05, 4.69) is 9.97 Å². The summed E-state index contributed by atoms with van der Waals surface area (Å²) >= 11 is 0. The lowest BCUT2D eigenvalue weighted by molar-refractivity contribution is -0.385. The third kappa shape index (κ3) is 3.10. The van der Waals surface area contributed by atoms with E-state index in [9.17, 15) is 10.1 Å². The van der Waals surface area contributed by atoms with E-state index in [1.165, 1.54) is 37.7 Å². The van der Waals surface area contributed by atoms with Gasteiger partial charge in [-0.05, 0) is 6.07 Å². The summed E-state index contributed by atoms with van der Waals surface area (Å²) in [6.07, 6.45) is 2.92. The second-order valence-electron chi connectivity index (χ2n) is 3.81. The number of nitrogens with two attached hydrogens (primary N) is 1. The van der Waals surface area contributed by atoms with Crippen LogP contribution in [0.2, 0.25) is 0 Å². The molecule has 0 aliphatic heterocycles. The Morgan fingerprint density at radius 1 is 1.30 bits per heavy atom. The van der Waals surface area contributed by atoms with Crippen molar-refractivity contribution in [2.75, 3.05) is 12.8 Å². The van der Waals surface area contributed by atoms with Gasteiger partial charge in [0.25, 0.3) is 5.69 Å². The van der Waals surface area contributed by atoms with Gasteiger partial charge < -0.3 is 15.2 Å². The first-order valence-corrected chi connectivity index (χ1v) is 5.62. The lowest BCUT2D eigenvalue weighted by atomic mass is 10.3. The van der Waals surface area contributed by atoms with Crippen molar-refractivity contribution in [3.8, 4) is 11.5 Å². The second-order valence-corrected chi connectivity index (χ2v) is 3.81. The summed E-state index contributed by atoms with van der Waals surface area (Å²) in [4.78, 5) is 18.1. The smallest absolute Gasteiger partial charge is 0.273 e. The molecule has 20 heavy (non-hydrogen) atoms. The van der Waals surface area contributed by atoms with Crippen molar-refractivity contribution >= 4 is 11.5 Å². The van der Waals surface area contributed by atoms with Crippen LogP contribution in [0.1, 0.15) is 5.69 Å². The van der Waals surface area contributed by atoms with Crippen molar-refractivity contribution in [3.05, 3.63) is 46.4 Å². The van der Waals surface area contributed by atoms with Crippen LogP contribution in [0.25, 0.3) is 0 Å². The third-order valence-corrected chi connectivity index (χ3v) is 2.46. The van der Waals surface area contributed by atoms with E-state index in [1.807, 2.05) is 0 Å². The van der Waals surface area contributed by atoms with Gasteiger partial charge in [-0.15, -0.1) is 0 Å². The van der Waals surface area contributed by atoms with Crippen LogP contribution in [-0.4, -0.2) is 22.0 Å². The lowest BCUT2D eigenvalue weighted by Gasteiger charge is -2.09. The summed E-state index contributed by atoms with van der Waals surface area (Å²) in [5.74, 6) is 0.987. The summed E-state index contributed by atoms with van der Waals surface area (Å²) < 4.78 is 10.6. The molecule has 1 aromatic carbocycles. The molecule has 0 saturated carbocycles. The number of methoxy groups -OCH3 is 1. The van der Waals surface area contributed by atoms with Crippen LogP contribution in [0.15, 0.2) is 30.6 Å². The van der Waals surface area contributed by atoms with E-state index >= 15 is 0 Å². The molecule has 2 rings (SSSR count). The highest BCUT2D eigenvalue weighted by Gasteiger charge is 2.12. The summed E-state index contributed by atoms with van der Waals surface area (Å²) in [7, 11) is 1.41. The number of benzene rings is 1. The van der Waals surface area contributed by atoms with Gasteiger partial charge in [-0.2, -0.15) is 0 Å². The Kier molecular flexibility index (Phi) is 3.94. The molecule has 0 unspecified atom stereocenters. The van der Waals surface area contributed by atoms with Crippen LogP contribution in [0.3, 0.4) is 0 Å². The third-order valence-electron chi connectivity index (χ3n) is 2.46. The van der Waals surface area contributed by atoms with Crippen molar-refractivity contribution in [1.29, 1.82) is 0 Å². The number of aromatic nitrogens is 2. The van der Waals surface area contributed by atoms with Gasteiger partial charge >= 0.3 is 0 Å². The predicted molar refractivity (Wildman–Crippen MR) is 70.4 cm³/mol. The SMILES string of the molecule is COc1cc([N+](=O)[O-])ccc1OCc1cnc(N)cn1. The quantitative estimate of drug-likeness (QED) is 0.651. The van der Waals surface area contributed by atoms with Gasteiger partial charge in [-0.1, -0.05) is 0 Å². The van der Waals surface area contributed by atoms with Gasteiger partial charge in [-0.3, -0.25) is 15.1 Å². The number of nitro benzene ring substituents is 1. The molecule has 8 heteroatoms. The monoisotopic (exact) mass is 276 g/mol. The minimum absolute atomic E-state index is 0.0681. The number of ether oxygens (including phenoxy) is 2. The molecule has 0 saturated heterocycles. The van der Waals surface area contributed by atoms with Crippen molar-refractivity contribution in [2.45, 2.75) is 6.61 Å². The number of hydrogen-bond donors (Lipinski definition) is 1. The molecule has 0 atom stereocenters. The number of rotatable bonds is 5. The number of non-ortho nitro benzene ring substituents is 1. The van der Waals surface area contributed by atoms with Gasteiger partial charge in [-0.25, -0.2) is 4.98 Å². The van der Waals surface area contributed by atoms with Crippen LogP contribution < -0.4 is 15.2 Å². The summed E-state index contributed by atoms with van der Waals surface area (Å²) in [5, 5.41) is 10.7. The first kappa shape index (κ1) is 13.5. The molecule has 2 N–H and O–H groups in total. The maximum atomic E-state index is 10.7. The molecule has 8 nitrogen and oxygen atoms in total. The molecule has 0 radical (unpaired) electrons. The highest BCUT2D eigenvalue weighted by molar-refractivity contribution is 5.48. The zero-order valence-corrected chi connectivity index (χ0v) is 10.6. The van der Waals surface area contributed by atoms with Crippen molar-refractivity contribution < 1.29 is 14.4 Å². The maximum Gasteiger partial charge on any atom is 0.273 e. The molecule has 2 aromatic rings.